The monoisotopic (exact) mass is 274 g/mol. The Morgan fingerprint density at radius 2 is 1.79 bits per heavy atom. The first-order valence-corrected chi connectivity index (χ1v) is 6.14. The molecule has 2 N–H and O–H groups in total. The van der Waals surface area contributed by atoms with E-state index < -0.39 is 11.7 Å². The van der Waals surface area contributed by atoms with Crippen molar-refractivity contribution in [1.29, 1.82) is 0 Å². The molecule has 0 spiro atoms. The van der Waals surface area contributed by atoms with Gasteiger partial charge in [0.2, 0.25) is 0 Å². The van der Waals surface area contributed by atoms with Crippen LogP contribution in [0.15, 0.2) is 18.2 Å². The Labute approximate surface area is 110 Å². The molecule has 6 heteroatoms. The third-order valence-electron chi connectivity index (χ3n) is 3.09. The van der Waals surface area contributed by atoms with Gasteiger partial charge in [0.15, 0.2) is 0 Å². The summed E-state index contributed by atoms with van der Waals surface area (Å²) in [7, 11) is 0. The van der Waals surface area contributed by atoms with Crippen molar-refractivity contribution in [3.05, 3.63) is 23.8 Å². The Morgan fingerprint density at radius 3 is 2.32 bits per heavy atom. The summed E-state index contributed by atoms with van der Waals surface area (Å²) >= 11 is 0. The summed E-state index contributed by atoms with van der Waals surface area (Å²) in [5.74, 6) is 0. The van der Waals surface area contributed by atoms with Gasteiger partial charge in [-0.05, 0) is 32.0 Å². The number of nitrogens with two attached hydrogens (primary N) is 1. The van der Waals surface area contributed by atoms with Crippen LogP contribution in [0.25, 0.3) is 0 Å². The lowest BCUT2D eigenvalue weighted by molar-refractivity contribution is -0.137. The van der Waals surface area contributed by atoms with Gasteiger partial charge in [-0.3, -0.25) is 0 Å². The maximum atomic E-state index is 13.1. The molecular formula is C13H17F3N2O. The predicted molar refractivity (Wildman–Crippen MR) is 68.1 cm³/mol. The molecule has 0 saturated carbocycles. The zero-order valence-corrected chi connectivity index (χ0v) is 10.9. The average Bonchev–Trinajstić information content (AvgIpc) is 2.26. The highest BCUT2D eigenvalue weighted by atomic mass is 19.4. The molecule has 19 heavy (non-hydrogen) atoms. The number of halogens is 3. The van der Waals surface area contributed by atoms with Crippen molar-refractivity contribution in [2.75, 3.05) is 23.7 Å². The van der Waals surface area contributed by atoms with Gasteiger partial charge in [0.05, 0.1) is 17.8 Å². The van der Waals surface area contributed by atoms with Gasteiger partial charge in [-0.1, -0.05) is 0 Å². The number of ether oxygens (including phenoxy) is 1. The molecular weight excluding hydrogens is 257 g/mol. The highest BCUT2D eigenvalue weighted by Gasteiger charge is 2.36. The Balaban J connectivity index is 2.39. The number of nitrogen functional groups attached to an aromatic ring is 1. The van der Waals surface area contributed by atoms with Crippen LogP contribution in [0.5, 0.6) is 0 Å². The maximum absolute atomic E-state index is 13.1. The molecule has 3 nitrogen and oxygen atoms in total. The van der Waals surface area contributed by atoms with Gasteiger partial charge in [-0.15, -0.1) is 0 Å². The summed E-state index contributed by atoms with van der Waals surface area (Å²) in [5, 5.41) is 0. The number of rotatable bonds is 1. The minimum absolute atomic E-state index is 0.0950. The van der Waals surface area contributed by atoms with E-state index in [9.17, 15) is 13.2 Å². The second-order valence-electron chi connectivity index (χ2n) is 4.94. The fourth-order valence-electron chi connectivity index (χ4n) is 2.43. The highest BCUT2D eigenvalue weighted by molar-refractivity contribution is 5.61. The molecule has 1 aliphatic rings. The van der Waals surface area contributed by atoms with Crippen molar-refractivity contribution in [2.45, 2.75) is 32.2 Å². The minimum atomic E-state index is -4.41. The van der Waals surface area contributed by atoms with Crippen LogP contribution in [0.1, 0.15) is 19.4 Å². The van der Waals surface area contributed by atoms with Crippen LogP contribution in [0.2, 0.25) is 0 Å². The lowest BCUT2D eigenvalue weighted by Crippen LogP contribution is -2.46. The molecule has 2 atom stereocenters. The van der Waals surface area contributed by atoms with Gasteiger partial charge < -0.3 is 15.4 Å². The number of anilines is 2. The molecule has 0 radical (unpaired) electrons. The third-order valence-corrected chi connectivity index (χ3v) is 3.09. The lowest BCUT2D eigenvalue weighted by Gasteiger charge is -2.38. The van der Waals surface area contributed by atoms with E-state index in [1.165, 1.54) is 12.1 Å². The summed E-state index contributed by atoms with van der Waals surface area (Å²) in [6, 6.07) is 3.92. The first-order valence-electron chi connectivity index (χ1n) is 6.14. The average molecular weight is 274 g/mol. The smallest absolute Gasteiger partial charge is 0.399 e. The first kappa shape index (κ1) is 14.0. The Hall–Kier alpha value is -1.43. The van der Waals surface area contributed by atoms with Gasteiger partial charge in [-0.25, -0.2) is 0 Å². The van der Waals surface area contributed by atoms with Crippen molar-refractivity contribution in [3.8, 4) is 0 Å². The van der Waals surface area contributed by atoms with Gasteiger partial charge in [-0.2, -0.15) is 13.2 Å². The summed E-state index contributed by atoms with van der Waals surface area (Å²) in [6.45, 7) is 4.59. The van der Waals surface area contributed by atoms with E-state index in [2.05, 4.69) is 0 Å². The van der Waals surface area contributed by atoms with Crippen molar-refractivity contribution >= 4 is 11.4 Å². The van der Waals surface area contributed by atoms with Crippen LogP contribution in [0.3, 0.4) is 0 Å². The van der Waals surface area contributed by atoms with Gasteiger partial charge in [0, 0.05) is 24.5 Å². The van der Waals surface area contributed by atoms with E-state index in [1.807, 2.05) is 13.8 Å². The molecule has 1 aromatic carbocycles. The molecule has 1 saturated heterocycles. The lowest BCUT2D eigenvalue weighted by atomic mass is 10.1. The summed E-state index contributed by atoms with van der Waals surface area (Å²) in [6.07, 6.45) is -4.60. The molecule has 1 fully saturated rings. The zero-order valence-electron chi connectivity index (χ0n) is 10.9. The van der Waals surface area contributed by atoms with Gasteiger partial charge in [0.1, 0.15) is 0 Å². The summed E-state index contributed by atoms with van der Waals surface area (Å²) in [4.78, 5) is 1.71. The second-order valence-corrected chi connectivity index (χ2v) is 4.94. The quantitative estimate of drug-likeness (QED) is 0.800. The largest absolute Gasteiger partial charge is 0.418 e. The molecule has 1 aliphatic heterocycles. The highest BCUT2D eigenvalue weighted by Crippen LogP contribution is 2.38. The number of hydrogen-bond acceptors (Lipinski definition) is 3. The zero-order chi connectivity index (χ0) is 14.2. The van der Waals surface area contributed by atoms with E-state index in [0.717, 1.165) is 6.07 Å². The van der Waals surface area contributed by atoms with E-state index in [-0.39, 0.29) is 23.6 Å². The molecule has 1 aromatic rings. The predicted octanol–water partition coefficient (Wildman–Crippen LogP) is 2.90. The number of benzene rings is 1. The van der Waals surface area contributed by atoms with Crippen molar-refractivity contribution in [3.63, 3.8) is 0 Å². The van der Waals surface area contributed by atoms with E-state index >= 15 is 0 Å². The number of alkyl halides is 3. The molecule has 106 valence electrons. The number of hydrogen-bond donors (Lipinski definition) is 1. The Kier molecular flexibility index (Phi) is 3.62. The summed E-state index contributed by atoms with van der Waals surface area (Å²) in [5.41, 5.74) is 5.07. The minimum Gasteiger partial charge on any atom is -0.399 e. The second kappa shape index (κ2) is 4.92. The van der Waals surface area contributed by atoms with E-state index in [0.29, 0.717) is 13.1 Å². The van der Waals surface area contributed by atoms with Crippen LogP contribution < -0.4 is 10.6 Å². The molecule has 0 aromatic heterocycles. The van der Waals surface area contributed by atoms with Crippen LogP contribution in [-0.4, -0.2) is 25.3 Å². The SMILES string of the molecule is C[C@@H]1CN(c2ccc(N)cc2C(F)(F)F)C[C@@H](C)O1. The number of morpholine rings is 1. The molecule has 1 heterocycles. The molecule has 0 aliphatic carbocycles. The summed E-state index contributed by atoms with van der Waals surface area (Å²) < 4.78 is 44.7. The molecule has 2 rings (SSSR count). The van der Waals surface area contributed by atoms with Crippen LogP contribution in [-0.2, 0) is 10.9 Å². The fraction of sp³-hybridized carbons (Fsp3) is 0.538. The van der Waals surface area contributed by atoms with Crippen molar-refractivity contribution < 1.29 is 17.9 Å². The number of nitrogens with zero attached hydrogens (tertiary/aromatic N) is 1. The normalized spacial score (nSPS) is 24.6. The van der Waals surface area contributed by atoms with Crippen molar-refractivity contribution in [1.82, 2.24) is 0 Å². The molecule has 0 unspecified atom stereocenters. The first-order chi connectivity index (χ1) is 8.77. The third kappa shape index (κ3) is 3.12. The standard InChI is InChI=1S/C13H17F3N2O/c1-8-6-18(7-9(2)19-8)12-4-3-10(17)5-11(12)13(14,15)16/h3-5,8-9H,6-7,17H2,1-2H3/t8-,9-/m1/s1. The Bertz CT molecular complexity index is 452. The molecule has 0 amide bonds. The van der Waals surface area contributed by atoms with Gasteiger partial charge >= 0.3 is 6.18 Å². The maximum Gasteiger partial charge on any atom is 0.418 e. The topological polar surface area (TPSA) is 38.5 Å². The Morgan fingerprint density at radius 1 is 1.21 bits per heavy atom. The van der Waals surface area contributed by atoms with E-state index in [4.69, 9.17) is 10.5 Å². The van der Waals surface area contributed by atoms with Crippen LogP contribution >= 0.6 is 0 Å². The van der Waals surface area contributed by atoms with Crippen molar-refractivity contribution in [2.24, 2.45) is 0 Å². The van der Waals surface area contributed by atoms with Gasteiger partial charge in [0.25, 0.3) is 0 Å². The fourth-order valence-corrected chi connectivity index (χ4v) is 2.43. The molecule has 0 bridgehead atoms. The van der Waals surface area contributed by atoms with Crippen LogP contribution in [0.4, 0.5) is 24.5 Å². The van der Waals surface area contributed by atoms with Crippen LogP contribution in [0, 0.1) is 0 Å². The van der Waals surface area contributed by atoms with E-state index in [1.54, 1.807) is 4.90 Å².